The Labute approximate surface area is 103 Å². The third kappa shape index (κ3) is 3.82. The molecule has 0 aliphatic rings. The van der Waals surface area contributed by atoms with Crippen molar-refractivity contribution in [2.45, 2.75) is 33.7 Å². The van der Waals surface area contributed by atoms with Gasteiger partial charge >= 0.3 is 0 Å². The molecule has 1 amide bonds. The Morgan fingerprint density at radius 2 is 2.12 bits per heavy atom. The molecule has 0 fully saturated rings. The summed E-state index contributed by atoms with van der Waals surface area (Å²) in [7, 11) is 0. The lowest BCUT2D eigenvalue weighted by molar-refractivity contribution is 0.0900. The van der Waals surface area contributed by atoms with Gasteiger partial charge in [-0.2, -0.15) is 0 Å². The molecule has 1 aromatic heterocycles. The molecule has 1 atom stereocenters. The summed E-state index contributed by atoms with van der Waals surface area (Å²) in [6.07, 6.45) is 0. The summed E-state index contributed by atoms with van der Waals surface area (Å²) in [6, 6.07) is 5.34. The summed E-state index contributed by atoms with van der Waals surface area (Å²) >= 11 is 0. The van der Waals surface area contributed by atoms with Crippen molar-refractivity contribution in [1.82, 2.24) is 10.3 Å². The van der Waals surface area contributed by atoms with Gasteiger partial charge < -0.3 is 11.1 Å². The fourth-order valence-corrected chi connectivity index (χ4v) is 1.53. The standard InChI is InChI=1S/C13H21N3O/c1-9-6-5-7-10(15-9)12(17)16-11(8-14)13(2,3)4/h5-7,11H,8,14H2,1-4H3,(H,16,17). The highest BCUT2D eigenvalue weighted by Gasteiger charge is 2.25. The number of nitrogens with two attached hydrogens (primary N) is 1. The second-order valence-electron chi connectivity index (χ2n) is 5.29. The number of aromatic nitrogens is 1. The van der Waals surface area contributed by atoms with Crippen LogP contribution in [0.2, 0.25) is 0 Å². The van der Waals surface area contributed by atoms with Crippen LogP contribution in [0.3, 0.4) is 0 Å². The Morgan fingerprint density at radius 3 is 2.59 bits per heavy atom. The molecule has 0 radical (unpaired) electrons. The van der Waals surface area contributed by atoms with Crippen molar-refractivity contribution in [3.63, 3.8) is 0 Å². The maximum absolute atomic E-state index is 12.0. The van der Waals surface area contributed by atoms with E-state index in [0.29, 0.717) is 12.2 Å². The van der Waals surface area contributed by atoms with E-state index in [-0.39, 0.29) is 17.4 Å². The van der Waals surface area contributed by atoms with Gasteiger partial charge in [-0.25, -0.2) is 4.98 Å². The number of nitrogens with zero attached hydrogens (tertiary/aromatic N) is 1. The van der Waals surface area contributed by atoms with E-state index in [1.165, 1.54) is 0 Å². The minimum absolute atomic E-state index is 0.0580. The van der Waals surface area contributed by atoms with Gasteiger partial charge in [-0.3, -0.25) is 4.79 Å². The number of aryl methyl sites for hydroxylation is 1. The van der Waals surface area contributed by atoms with Gasteiger partial charge in [0.25, 0.3) is 5.91 Å². The summed E-state index contributed by atoms with van der Waals surface area (Å²) in [5.41, 5.74) is 6.89. The van der Waals surface area contributed by atoms with Crippen molar-refractivity contribution in [1.29, 1.82) is 0 Å². The van der Waals surface area contributed by atoms with E-state index in [9.17, 15) is 4.79 Å². The molecule has 4 heteroatoms. The second kappa shape index (κ2) is 5.27. The molecule has 0 aliphatic carbocycles. The molecule has 94 valence electrons. The van der Waals surface area contributed by atoms with Gasteiger partial charge in [0.2, 0.25) is 0 Å². The van der Waals surface area contributed by atoms with E-state index in [1.54, 1.807) is 6.07 Å². The van der Waals surface area contributed by atoms with Crippen molar-refractivity contribution in [2.75, 3.05) is 6.54 Å². The first-order valence-corrected chi connectivity index (χ1v) is 5.79. The fourth-order valence-electron chi connectivity index (χ4n) is 1.53. The molecule has 1 aromatic rings. The van der Waals surface area contributed by atoms with Crippen molar-refractivity contribution in [2.24, 2.45) is 11.1 Å². The lowest BCUT2D eigenvalue weighted by Crippen LogP contribution is -2.48. The summed E-state index contributed by atoms with van der Waals surface area (Å²) in [4.78, 5) is 16.2. The van der Waals surface area contributed by atoms with Gasteiger partial charge in [0.15, 0.2) is 0 Å². The molecule has 4 nitrogen and oxygen atoms in total. The average molecular weight is 235 g/mol. The molecule has 0 saturated carbocycles. The SMILES string of the molecule is Cc1cccc(C(=O)NC(CN)C(C)(C)C)n1. The van der Waals surface area contributed by atoms with Crippen LogP contribution in [0.5, 0.6) is 0 Å². The maximum Gasteiger partial charge on any atom is 0.270 e. The number of pyridine rings is 1. The van der Waals surface area contributed by atoms with Crippen molar-refractivity contribution in [3.05, 3.63) is 29.6 Å². The number of hydrogen-bond donors (Lipinski definition) is 2. The van der Waals surface area contributed by atoms with E-state index in [1.807, 2.05) is 19.1 Å². The normalized spacial score (nSPS) is 13.2. The highest BCUT2D eigenvalue weighted by molar-refractivity contribution is 5.92. The van der Waals surface area contributed by atoms with Crippen LogP contribution < -0.4 is 11.1 Å². The Bertz CT molecular complexity index is 396. The summed E-state index contributed by atoms with van der Waals surface area (Å²) < 4.78 is 0. The van der Waals surface area contributed by atoms with E-state index < -0.39 is 0 Å². The monoisotopic (exact) mass is 235 g/mol. The van der Waals surface area contributed by atoms with E-state index >= 15 is 0 Å². The zero-order valence-corrected chi connectivity index (χ0v) is 10.9. The Morgan fingerprint density at radius 1 is 1.47 bits per heavy atom. The number of nitrogens with one attached hydrogen (secondary N) is 1. The number of amides is 1. The first-order valence-electron chi connectivity index (χ1n) is 5.79. The van der Waals surface area contributed by atoms with Gasteiger partial charge in [0.05, 0.1) is 0 Å². The third-order valence-corrected chi connectivity index (χ3v) is 2.71. The molecule has 0 aromatic carbocycles. The van der Waals surface area contributed by atoms with E-state index in [0.717, 1.165) is 5.69 Å². The number of carbonyl (C=O) groups excluding carboxylic acids is 1. The Hall–Kier alpha value is -1.42. The van der Waals surface area contributed by atoms with Crippen LogP contribution in [0.4, 0.5) is 0 Å². The van der Waals surface area contributed by atoms with Gasteiger partial charge in [-0.15, -0.1) is 0 Å². The molecule has 17 heavy (non-hydrogen) atoms. The quantitative estimate of drug-likeness (QED) is 0.834. The van der Waals surface area contributed by atoms with Crippen LogP contribution >= 0.6 is 0 Å². The molecule has 1 rings (SSSR count). The smallest absolute Gasteiger partial charge is 0.270 e. The van der Waals surface area contributed by atoms with E-state index in [2.05, 4.69) is 31.1 Å². The van der Waals surface area contributed by atoms with Crippen LogP contribution in [0.15, 0.2) is 18.2 Å². The molecule has 0 bridgehead atoms. The third-order valence-electron chi connectivity index (χ3n) is 2.71. The number of rotatable bonds is 3. The molecule has 3 N–H and O–H groups in total. The molecule has 1 heterocycles. The maximum atomic E-state index is 12.0. The van der Waals surface area contributed by atoms with Gasteiger partial charge in [0.1, 0.15) is 5.69 Å². The van der Waals surface area contributed by atoms with Gasteiger partial charge in [0, 0.05) is 18.3 Å². The van der Waals surface area contributed by atoms with Crippen LogP contribution in [-0.2, 0) is 0 Å². The van der Waals surface area contributed by atoms with Crippen molar-refractivity contribution in [3.8, 4) is 0 Å². The molecular formula is C13H21N3O. The van der Waals surface area contributed by atoms with Crippen molar-refractivity contribution < 1.29 is 4.79 Å². The molecule has 0 aliphatic heterocycles. The lowest BCUT2D eigenvalue weighted by Gasteiger charge is -2.30. The first-order chi connectivity index (χ1) is 7.84. The predicted molar refractivity (Wildman–Crippen MR) is 68.7 cm³/mol. The minimum Gasteiger partial charge on any atom is -0.346 e. The van der Waals surface area contributed by atoms with Crippen LogP contribution in [0, 0.1) is 12.3 Å². The number of hydrogen-bond acceptors (Lipinski definition) is 3. The zero-order valence-electron chi connectivity index (χ0n) is 10.9. The minimum atomic E-state index is -0.168. The highest BCUT2D eigenvalue weighted by atomic mass is 16.1. The highest BCUT2D eigenvalue weighted by Crippen LogP contribution is 2.18. The summed E-state index contributed by atoms with van der Waals surface area (Å²) in [5.74, 6) is -0.168. The van der Waals surface area contributed by atoms with E-state index in [4.69, 9.17) is 5.73 Å². The zero-order chi connectivity index (χ0) is 13.1. The van der Waals surface area contributed by atoms with Crippen LogP contribution in [-0.4, -0.2) is 23.5 Å². The topological polar surface area (TPSA) is 68.0 Å². The number of carbonyl (C=O) groups is 1. The average Bonchev–Trinajstić information content (AvgIpc) is 2.23. The molecule has 1 unspecified atom stereocenters. The second-order valence-corrected chi connectivity index (χ2v) is 5.29. The van der Waals surface area contributed by atoms with Crippen LogP contribution in [0.25, 0.3) is 0 Å². The van der Waals surface area contributed by atoms with Gasteiger partial charge in [-0.05, 0) is 24.5 Å². The van der Waals surface area contributed by atoms with Gasteiger partial charge in [-0.1, -0.05) is 26.8 Å². The predicted octanol–water partition coefficient (Wildman–Crippen LogP) is 1.49. The molecular weight excluding hydrogens is 214 g/mol. The molecule has 0 saturated heterocycles. The fraction of sp³-hybridized carbons (Fsp3) is 0.538. The molecule has 0 spiro atoms. The summed E-state index contributed by atoms with van der Waals surface area (Å²) in [6.45, 7) is 8.43. The Balaban J connectivity index is 2.78. The largest absolute Gasteiger partial charge is 0.346 e. The Kier molecular flexibility index (Phi) is 4.23. The lowest BCUT2D eigenvalue weighted by atomic mass is 9.86. The van der Waals surface area contributed by atoms with Crippen LogP contribution in [0.1, 0.15) is 37.0 Å². The summed E-state index contributed by atoms with van der Waals surface area (Å²) in [5, 5.41) is 2.92. The van der Waals surface area contributed by atoms with Crippen molar-refractivity contribution >= 4 is 5.91 Å². The first kappa shape index (κ1) is 13.6.